The third kappa shape index (κ3) is 56.1. The van der Waals surface area contributed by atoms with Gasteiger partial charge < -0.3 is 17.1 Å². The van der Waals surface area contributed by atoms with E-state index in [1.165, 1.54) is 19.1 Å². The summed E-state index contributed by atoms with van der Waals surface area (Å²) in [4.78, 5) is 10.0. The molecule has 2 nitrogen and oxygen atoms in total. The summed E-state index contributed by atoms with van der Waals surface area (Å²) in [6, 6.07) is 0. The predicted octanol–water partition coefficient (Wildman–Crippen LogP) is 1.34. The Morgan fingerprint density at radius 3 is 1.82 bits per heavy atom. The number of allylic oxidation sites excluding steroid dienone is 1. The van der Waals surface area contributed by atoms with Crippen LogP contribution >= 0.6 is 0 Å². The van der Waals surface area contributed by atoms with Crippen LogP contribution in [-0.2, 0) is 45.6 Å². The van der Waals surface area contributed by atoms with Crippen LogP contribution in [-0.4, -0.2) is 5.78 Å². The largest absolute Gasteiger partial charge is 0.746 e. The molecule has 0 bridgehead atoms. The van der Waals surface area contributed by atoms with Crippen molar-refractivity contribution < 1.29 is 45.6 Å². The molecule has 0 amide bonds. The summed E-state index contributed by atoms with van der Waals surface area (Å²) in [6.45, 7) is 2.52. The number of rotatable bonds is 2. The zero-order chi connectivity index (χ0) is 5.70. The first-order valence-electron chi connectivity index (χ1n) is 1.95. The van der Waals surface area contributed by atoms with Gasteiger partial charge in [0.15, 0.2) is 0 Å². The SMILES string of the molecule is CC(=O)/C=C/[CH-][NH-].[Re].[Re].[Rf].[Rf]. The van der Waals surface area contributed by atoms with Gasteiger partial charge in [-0.1, -0.05) is 0 Å². The molecule has 0 aliphatic heterocycles. The van der Waals surface area contributed by atoms with Crippen LogP contribution in [0.25, 0.3) is 5.73 Å². The van der Waals surface area contributed by atoms with Gasteiger partial charge in [0.05, 0.1) is 5.78 Å². The smallest absolute Gasteiger partial charge is 0.0732 e. The van der Waals surface area contributed by atoms with E-state index in [0.717, 1.165) is 6.54 Å². The molecule has 0 saturated heterocycles. The molecule has 0 aromatic heterocycles. The quantitative estimate of drug-likeness (QED) is 0.305. The van der Waals surface area contributed by atoms with Gasteiger partial charge >= 0.3 is 0 Å². The van der Waals surface area contributed by atoms with Crippen LogP contribution in [0, 0.1) is 6.54 Å². The minimum Gasteiger partial charge on any atom is -0.746 e. The minimum absolute atomic E-state index is 0. The Labute approximate surface area is 82.6 Å². The van der Waals surface area contributed by atoms with Gasteiger partial charge in [0.2, 0.25) is 0 Å². The van der Waals surface area contributed by atoms with Gasteiger partial charge in [0.1, 0.15) is 0 Å². The van der Waals surface area contributed by atoms with E-state index in [1.54, 1.807) is 0 Å². The van der Waals surface area contributed by atoms with Gasteiger partial charge in [-0.3, -0.25) is 0 Å². The second-order valence-electron chi connectivity index (χ2n) is 1.14. The first kappa shape index (κ1) is 33.7. The zero-order valence-electron chi connectivity index (χ0n) is 6.31. The number of ketones is 1. The molecule has 0 heterocycles. The number of hydrogen-bond donors (Lipinski definition) is 0. The van der Waals surface area contributed by atoms with Crippen molar-refractivity contribution in [2.75, 3.05) is 0 Å². The van der Waals surface area contributed by atoms with Crippen LogP contribution in [0.15, 0.2) is 12.2 Å². The topological polar surface area (TPSA) is 40.9 Å². The molecule has 0 aliphatic carbocycles. The molecule has 0 aliphatic rings. The standard InChI is InChI=1S/C5H7NO.2Re.2Rf/c1-5(7)3-2-4-6;;;;/h2-4,6H,1H3;;;;/q-2;;;;/b3-2+;;;;. The van der Waals surface area contributed by atoms with Crippen LogP contribution in [0.2, 0.25) is 0 Å². The molecule has 58 valence electrons. The van der Waals surface area contributed by atoms with E-state index in [0.29, 0.717) is 0 Å². The van der Waals surface area contributed by atoms with E-state index in [2.05, 4.69) is 0 Å². The number of nitrogens with one attached hydrogen (secondary N) is 1. The Morgan fingerprint density at radius 1 is 1.36 bits per heavy atom. The normalized spacial score (nSPS) is 6.00. The molecule has 2 radical (unpaired) electrons. The number of hydrogen-bond acceptors (Lipinski definition) is 1. The molecule has 11 heavy (non-hydrogen) atoms. The maximum absolute atomic E-state index is 10.0. The maximum Gasteiger partial charge on any atom is 0.0732 e. The average molecular weight is 1000 g/mol. The minimum atomic E-state index is -0.0245. The second kappa shape index (κ2) is 23.5. The average Bonchev–Trinajstić information content (AvgIpc) is 1.61. The van der Waals surface area contributed by atoms with E-state index < -0.39 is 0 Å². The summed E-state index contributed by atoms with van der Waals surface area (Å²) in [7, 11) is 0. The van der Waals surface area contributed by atoms with E-state index in [4.69, 9.17) is 5.73 Å². The monoisotopic (exact) mass is 1010 g/mol. The van der Waals surface area contributed by atoms with Crippen LogP contribution in [0.4, 0.5) is 0 Å². The fourth-order valence-corrected chi connectivity index (χ4v) is 0.184. The van der Waals surface area contributed by atoms with Gasteiger partial charge in [-0.25, -0.2) is 6.08 Å². The molecule has 6 heteroatoms. The summed E-state index contributed by atoms with van der Waals surface area (Å²) < 4.78 is 0. The molecule has 1 N–H and O–H groups in total. The first-order chi connectivity index (χ1) is 3.27. The molecule has 0 aromatic carbocycles. The summed E-state index contributed by atoms with van der Waals surface area (Å²) in [6.07, 6.45) is 2.73. The molecule has 0 aromatic rings. The van der Waals surface area contributed by atoms with Crippen molar-refractivity contribution in [3.8, 4) is 0 Å². The third-order valence-corrected chi connectivity index (χ3v) is 0.427. The van der Waals surface area contributed by atoms with Gasteiger partial charge in [-0.05, 0) is 6.92 Å². The Hall–Kier alpha value is -1.44. The van der Waals surface area contributed by atoms with Gasteiger partial charge in [0, 0.05) is 40.8 Å². The van der Waals surface area contributed by atoms with E-state index >= 15 is 0 Å². The van der Waals surface area contributed by atoms with Gasteiger partial charge in [-0.2, -0.15) is 6.08 Å². The summed E-state index contributed by atoms with van der Waals surface area (Å²) in [5.74, 6) is -0.0245. The molecule has 0 rings (SSSR count). The zero-order valence-corrected chi connectivity index (χ0v) is 24.5. The van der Waals surface area contributed by atoms with Gasteiger partial charge in [0.25, 0.3) is 0 Å². The molecule has 0 atom stereocenters. The van der Waals surface area contributed by atoms with Crippen LogP contribution in [0.5, 0.6) is 0 Å². The molecular weight excluding hydrogens is 996 g/mol. The number of carbonyl (C=O) groups is 1. The summed E-state index contributed by atoms with van der Waals surface area (Å²) in [5.41, 5.74) is 6.43. The van der Waals surface area contributed by atoms with Crippen molar-refractivity contribution in [1.29, 1.82) is 0 Å². The van der Waals surface area contributed by atoms with Crippen molar-refractivity contribution in [2.24, 2.45) is 0 Å². The third-order valence-electron chi connectivity index (χ3n) is 0.427. The number of carbonyl (C=O) groups excluding carboxylic acids is 1. The predicted molar refractivity (Wildman–Crippen MR) is 28.4 cm³/mol. The van der Waals surface area contributed by atoms with Crippen molar-refractivity contribution in [3.63, 3.8) is 0 Å². The van der Waals surface area contributed by atoms with Crippen molar-refractivity contribution >= 4 is 5.78 Å². The summed E-state index contributed by atoms with van der Waals surface area (Å²) in [5, 5.41) is 0. The molecule has 0 spiro atoms. The van der Waals surface area contributed by atoms with Gasteiger partial charge in [-0.15, -0.1) is 0 Å². The molecular formula is C5H7NORe2Rf2-2. The maximum atomic E-state index is 10.0. The van der Waals surface area contributed by atoms with E-state index in [9.17, 15) is 4.79 Å². The van der Waals surface area contributed by atoms with Crippen LogP contribution in [0.1, 0.15) is 6.92 Å². The molecule has 0 unspecified atom stereocenters. The first-order valence-corrected chi connectivity index (χ1v) is 1.95. The van der Waals surface area contributed by atoms with Crippen molar-refractivity contribution in [2.45, 2.75) is 6.92 Å². The van der Waals surface area contributed by atoms with E-state index in [-0.39, 0.29) is 46.6 Å². The van der Waals surface area contributed by atoms with Crippen LogP contribution in [0.3, 0.4) is 0 Å². The molecule has 0 saturated carbocycles. The Balaban J connectivity index is -0.0000000300. The summed E-state index contributed by atoms with van der Waals surface area (Å²) >= 11 is 0. The Bertz CT molecular complexity index is 100. The van der Waals surface area contributed by atoms with Crippen molar-refractivity contribution in [1.82, 2.24) is 0 Å². The fourth-order valence-electron chi connectivity index (χ4n) is 0.184. The Morgan fingerprint density at radius 2 is 1.73 bits per heavy atom. The molecule has 0 fully saturated rings. The second-order valence-corrected chi connectivity index (χ2v) is 1.14. The van der Waals surface area contributed by atoms with Crippen LogP contribution < -0.4 is 0 Å². The van der Waals surface area contributed by atoms with Crippen molar-refractivity contribution in [3.05, 3.63) is 24.4 Å². The van der Waals surface area contributed by atoms with E-state index in [1.807, 2.05) is 0 Å². The fraction of sp³-hybridized carbons (Fsp3) is 0.200. The Kier molecular flexibility index (Phi) is 72.0.